The average molecular weight is 336 g/mol. The Bertz CT molecular complexity index is 690. The second-order valence-electron chi connectivity index (χ2n) is 6.30. The summed E-state index contributed by atoms with van der Waals surface area (Å²) in [6.45, 7) is 6.34. The van der Waals surface area contributed by atoms with Crippen LogP contribution in [-0.2, 0) is 0 Å². The highest BCUT2D eigenvalue weighted by Gasteiger charge is 2.26. The first kappa shape index (κ1) is 18.3. The van der Waals surface area contributed by atoms with E-state index in [9.17, 15) is 9.50 Å². The normalized spacial score (nSPS) is 15.2. The number of unbranched alkanes of at least 4 members (excludes halogenated alkanes) is 1. The van der Waals surface area contributed by atoms with Crippen molar-refractivity contribution in [3.05, 3.63) is 18.1 Å². The van der Waals surface area contributed by atoms with E-state index < -0.39 is 12.0 Å². The van der Waals surface area contributed by atoms with E-state index in [1.165, 1.54) is 6.07 Å². The van der Waals surface area contributed by atoms with Gasteiger partial charge in [-0.15, -0.1) is 0 Å². The Balaban J connectivity index is 2.35. The van der Waals surface area contributed by atoms with Crippen LogP contribution in [0.5, 0.6) is 0 Å². The Hall–Kier alpha value is -2.06. The highest BCUT2D eigenvalue weighted by molar-refractivity contribution is 5.86. The molecule has 0 spiro atoms. The quantitative estimate of drug-likeness (QED) is 0.546. The van der Waals surface area contributed by atoms with Crippen molar-refractivity contribution >= 4 is 22.8 Å². The molecule has 0 saturated carbocycles. The Kier molecular flexibility index (Phi) is 5.84. The topological polar surface area (TPSA) is 109 Å². The van der Waals surface area contributed by atoms with Crippen LogP contribution in [0.1, 0.15) is 40.0 Å². The van der Waals surface area contributed by atoms with Crippen molar-refractivity contribution in [1.29, 1.82) is 0 Å². The van der Waals surface area contributed by atoms with E-state index in [-0.39, 0.29) is 11.5 Å². The van der Waals surface area contributed by atoms with Gasteiger partial charge in [0, 0.05) is 18.2 Å². The SMILES string of the molecule is CCCC[C@](C)(CNC(C)O)Nc1nc(N)nc2cc(F)cnc12. The number of hydrogen-bond donors (Lipinski definition) is 4. The summed E-state index contributed by atoms with van der Waals surface area (Å²) in [7, 11) is 0. The Morgan fingerprint density at radius 3 is 2.83 bits per heavy atom. The minimum atomic E-state index is -0.618. The van der Waals surface area contributed by atoms with Crippen LogP contribution < -0.4 is 16.4 Å². The minimum Gasteiger partial charge on any atom is -0.379 e. The molecule has 2 rings (SSSR count). The number of pyridine rings is 1. The van der Waals surface area contributed by atoms with Crippen molar-refractivity contribution in [1.82, 2.24) is 20.3 Å². The fraction of sp³-hybridized carbons (Fsp3) is 0.562. The van der Waals surface area contributed by atoms with Gasteiger partial charge >= 0.3 is 0 Å². The summed E-state index contributed by atoms with van der Waals surface area (Å²) < 4.78 is 13.4. The van der Waals surface area contributed by atoms with Gasteiger partial charge in [0.05, 0.1) is 11.7 Å². The molecule has 0 saturated heterocycles. The van der Waals surface area contributed by atoms with Crippen molar-refractivity contribution in [2.75, 3.05) is 17.6 Å². The third kappa shape index (κ3) is 4.72. The van der Waals surface area contributed by atoms with Gasteiger partial charge in [-0.2, -0.15) is 4.98 Å². The van der Waals surface area contributed by atoms with Crippen molar-refractivity contribution in [2.45, 2.75) is 51.8 Å². The molecule has 24 heavy (non-hydrogen) atoms. The molecule has 5 N–H and O–H groups in total. The lowest BCUT2D eigenvalue weighted by atomic mass is 9.94. The van der Waals surface area contributed by atoms with Gasteiger partial charge in [-0.05, 0) is 20.3 Å². The predicted octanol–water partition coefficient (Wildman–Crippen LogP) is 2.03. The molecular weight excluding hydrogens is 311 g/mol. The molecule has 2 atom stereocenters. The summed E-state index contributed by atoms with van der Waals surface area (Å²) in [5.41, 5.74) is 6.19. The fourth-order valence-electron chi connectivity index (χ4n) is 2.52. The van der Waals surface area contributed by atoms with Gasteiger partial charge in [0.1, 0.15) is 17.6 Å². The molecule has 132 valence electrons. The van der Waals surface area contributed by atoms with Crippen LogP contribution in [-0.4, -0.2) is 38.4 Å². The van der Waals surface area contributed by atoms with Gasteiger partial charge < -0.3 is 16.2 Å². The van der Waals surface area contributed by atoms with Gasteiger partial charge in [0.15, 0.2) is 5.82 Å². The molecule has 0 aromatic carbocycles. The molecule has 2 aromatic rings. The van der Waals surface area contributed by atoms with Gasteiger partial charge in [0.2, 0.25) is 5.95 Å². The van der Waals surface area contributed by atoms with Crippen molar-refractivity contribution in [2.24, 2.45) is 0 Å². The van der Waals surface area contributed by atoms with Gasteiger partial charge in [-0.3, -0.25) is 5.32 Å². The first-order chi connectivity index (χ1) is 11.3. The summed E-state index contributed by atoms with van der Waals surface area (Å²) in [5, 5.41) is 15.9. The van der Waals surface area contributed by atoms with Crippen LogP contribution in [0.15, 0.2) is 12.3 Å². The molecule has 2 aromatic heterocycles. The molecule has 0 aliphatic rings. The largest absolute Gasteiger partial charge is 0.379 e. The number of nitrogen functional groups attached to an aromatic ring is 1. The van der Waals surface area contributed by atoms with E-state index in [1.807, 2.05) is 6.92 Å². The number of anilines is 2. The number of nitrogens with one attached hydrogen (secondary N) is 2. The monoisotopic (exact) mass is 336 g/mol. The smallest absolute Gasteiger partial charge is 0.222 e. The van der Waals surface area contributed by atoms with E-state index >= 15 is 0 Å². The summed E-state index contributed by atoms with van der Waals surface area (Å²) in [4.78, 5) is 12.4. The zero-order chi connectivity index (χ0) is 17.7. The lowest BCUT2D eigenvalue weighted by molar-refractivity contribution is 0.148. The maximum atomic E-state index is 13.4. The van der Waals surface area contributed by atoms with Crippen LogP contribution in [0.3, 0.4) is 0 Å². The standard InChI is InChI=1S/C16H25FN6O/c1-4-5-6-16(3,9-20-10(2)24)23-14-13-12(21-15(18)22-14)7-11(17)8-19-13/h7-8,10,20,24H,4-6,9H2,1-3H3,(H3,18,21,22,23)/t10?,16-/m1/s1. The van der Waals surface area contributed by atoms with Gasteiger partial charge in [-0.1, -0.05) is 19.8 Å². The highest BCUT2D eigenvalue weighted by Crippen LogP contribution is 2.25. The number of rotatable bonds is 8. The van der Waals surface area contributed by atoms with E-state index in [0.717, 1.165) is 25.5 Å². The van der Waals surface area contributed by atoms with Crippen LogP contribution in [0.4, 0.5) is 16.2 Å². The maximum absolute atomic E-state index is 13.4. The third-order valence-electron chi connectivity index (χ3n) is 3.81. The minimum absolute atomic E-state index is 0.0544. The van der Waals surface area contributed by atoms with Crippen molar-refractivity contribution in [3.63, 3.8) is 0 Å². The van der Waals surface area contributed by atoms with E-state index in [1.54, 1.807) is 6.92 Å². The zero-order valence-electron chi connectivity index (χ0n) is 14.3. The Morgan fingerprint density at radius 2 is 2.17 bits per heavy atom. The van der Waals surface area contributed by atoms with Crippen LogP contribution in [0, 0.1) is 5.82 Å². The Labute approximate surface area is 140 Å². The fourth-order valence-corrected chi connectivity index (χ4v) is 2.52. The lowest BCUT2D eigenvalue weighted by Crippen LogP contribution is -2.47. The number of aliphatic hydroxyl groups is 1. The molecule has 8 heteroatoms. The molecule has 0 aliphatic heterocycles. The second kappa shape index (κ2) is 7.67. The van der Waals surface area contributed by atoms with Crippen molar-refractivity contribution < 1.29 is 9.50 Å². The first-order valence-corrected chi connectivity index (χ1v) is 8.11. The lowest BCUT2D eigenvalue weighted by Gasteiger charge is -2.32. The summed E-state index contributed by atoms with van der Waals surface area (Å²) >= 11 is 0. The number of hydrogen-bond acceptors (Lipinski definition) is 7. The average Bonchev–Trinajstić information content (AvgIpc) is 2.50. The summed E-state index contributed by atoms with van der Waals surface area (Å²) in [5.74, 6) is 0.0401. The van der Waals surface area contributed by atoms with Crippen LogP contribution >= 0.6 is 0 Å². The third-order valence-corrected chi connectivity index (χ3v) is 3.81. The summed E-state index contributed by atoms with van der Waals surface area (Å²) in [6, 6.07) is 1.28. The molecule has 2 heterocycles. The maximum Gasteiger partial charge on any atom is 0.222 e. The van der Waals surface area contributed by atoms with Gasteiger partial charge in [0.25, 0.3) is 0 Å². The molecule has 7 nitrogen and oxygen atoms in total. The van der Waals surface area contributed by atoms with E-state index in [0.29, 0.717) is 23.4 Å². The molecule has 0 bridgehead atoms. The number of fused-ring (bicyclic) bond motifs is 1. The highest BCUT2D eigenvalue weighted by atomic mass is 19.1. The molecule has 0 aliphatic carbocycles. The molecule has 0 radical (unpaired) electrons. The van der Waals surface area contributed by atoms with Crippen LogP contribution in [0.2, 0.25) is 0 Å². The van der Waals surface area contributed by atoms with Crippen molar-refractivity contribution in [3.8, 4) is 0 Å². The predicted molar refractivity (Wildman–Crippen MR) is 92.9 cm³/mol. The second-order valence-corrected chi connectivity index (χ2v) is 6.30. The summed E-state index contributed by atoms with van der Waals surface area (Å²) in [6.07, 6.45) is 3.42. The molecular formula is C16H25FN6O. The molecule has 0 fully saturated rings. The number of aliphatic hydroxyl groups excluding tert-OH is 1. The Morgan fingerprint density at radius 1 is 1.42 bits per heavy atom. The molecule has 1 unspecified atom stereocenters. The molecule has 0 amide bonds. The van der Waals surface area contributed by atoms with E-state index in [2.05, 4.69) is 32.5 Å². The zero-order valence-corrected chi connectivity index (χ0v) is 14.3. The number of halogens is 1. The van der Waals surface area contributed by atoms with E-state index in [4.69, 9.17) is 5.73 Å². The number of nitrogens with zero attached hydrogens (tertiary/aromatic N) is 3. The number of nitrogens with two attached hydrogens (primary N) is 1. The van der Waals surface area contributed by atoms with Crippen LogP contribution in [0.25, 0.3) is 11.0 Å². The number of aromatic nitrogens is 3. The first-order valence-electron chi connectivity index (χ1n) is 8.11. The van der Waals surface area contributed by atoms with Gasteiger partial charge in [-0.25, -0.2) is 14.4 Å².